The lowest BCUT2D eigenvalue weighted by Crippen LogP contribution is -2.27. The van der Waals surface area contributed by atoms with Crippen LogP contribution in [0.25, 0.3) is 10.8 Å². The van der Waals surface area contributed by atoms with Crippen LogP contribution in [-0.2, 0) is 16.9 Å². The zero-order valence-corrected chi connectivity index (χ0v) is 13.7. The highest BCUT2D eigenvalue weighted by atomic mass is 16.5. The Morgan fingerprint density at radius 1 is 1.25 bits per heavy atom. The summed E-state index contributed by atoms with van der Waals surface area (Å²) in [4.78, 5) is 16.1. The summed E-state index contributed by atoms with van der Waals surface area (Å²) in [6, 6.07) is 12.0. The fraction of sp³-hybridized carbons (Fsp3) is 0.263. The summed E-state index contributed by atoms with van der Waals surface area (Å²) >= 11 is 0. The van der Waals surface area contributed by atoms with Crippen molar-refractivity contribution >= 4 is 16.7 Å². The molecule has 1 unspecified atom stereocenters. The zero-order valence-electron chi connectivity index (χ0n) is 13.7. The number of carbonyl (C=O) groups excluding carboxylic acids is 1. The number of ether oxygens (including phenoxy) is 1. The third-order valence-corrected chi connectivity index (χ3v) is 4.98. The van der Waals surface area contributed by atoms with Gasteiger partial charge in [-0.05, 0) is 34.5 Å². The van der Waals surface area contributed by atoms with Gasteiger partial charge >= 0.3 is 0 Å². The van der Waals surface area contributed by atoms with E-state index in [2.05, 4.69) is 33.1 Å². The predicted molar refractivity (Wildman–Crippen MR) is 92.0 cm³/mol. The van der Waals surface area contributed by atoms with E-state index in [1.165, 1.54) is 0 Å². The number of nitrogens with one attached hydrogen (secondary N) is 1. The van der Waals surface area contributed by atoms with E-state index in [0.29, 0.717) is 5.56 Å². The Kier molecular flexibility index (Phi) is 3.39. The molecule has 122 valence electrons. The molecule has 1 aliphatic heterocycles. The Labute approximate surface area is 140 Å². The normalized spacial score (nSPS) is 19.4. The SMILES string of the molecule is CNC(=O)c1ccc2cc(C3(OC)CCn4cncc43)ccc2c1. The van der Waals surface area contributed by atoms with E-state index >= 15 is 0 Å². The molecule has 1 amide bonds. The zero-order chi connectivity index (χ0) is 16.7. The summed E-state index contributed by atoms with van der Waals surface area (Å²) in [5.74, 6) is -0.0750. The monoisotopic (exact) mass is 321 g/mol. The third-order valence-electron chi connectivity index (χ3n) is 4.98. The Morgan fingerprint density at radius 2 is 2.04 bits per heavy atom. The highest BCUT2D eigenvalue weighted by Crippen LogP contribution is 2.42. The molecule has 0 spiro atoms. The number of methoxy groups -OCH3 is 1. The molecule has 1 aromatic heterocycles. The van der Waals surface area contributed by atoms with Crippen LogP contribution in [0.1, 0.15) is 28.0 Å². The van der Waals surface area contributed by atoms with Gasteiger partial charge < -0.3 is 14.6 Å². The predicted octanol–water partition coefficient (Wildman–Crippen LogP) is 2.69. The average Bonchev–Trinajstić information content (AvgIpc) is 3.23. The smallest absolute Gasteiger partial charge is 0.251 e. The van der Waals surface area contributed by atoms with Gasteiger partial charge in [-0.1, -0.05) is 18.2 Å². The molecule has 5 nitrogen and oxygen atoms in total. The van der Waals surface area contributed by atoms with E-state index in [1.54, 1.807) is 14.2 Å². The van der Waals surface area contributed by atoms with E-state index < -0.39 is 5.60 Å². The first-order valence-electron chi connectivity index (χ1n) is 8.00. The number of amides is 1. The van der Waals surface area contributed by atoms with Crippen LogP contribution in [-0.4, -0.2) is 29.6 Å². The lowest BCUT2D eigenvalue weighted by atomic mass is 9.88. The first-order valence-corrected chi connectivity index (χ1v) is 8.00. The molecule has 24 heavy (non-hydrogen) atoms. The number of carbonyl (C=O) groups is 1. The largest absolute Gasteiger partial charge is 0.367 e. The molecule has 3 aromatic rings. The van der Waals surface area contributed by atoms with Gasteiger partial charge in [0.1, 0.15) is 5.60 Å². The fourth-order valence-corrected chi connectivity index (χ4v) is 3.64. The summed E-state index contributed by atoms with van der Waals surface area (Å²) in [5.41, 5.74) is 2.42. The molecule has 0 bridgehead atoms. The number of nitrogens with zero attached hydrogens (tertiary/aromatic N) is 2. The maximum absolute atomic E-state index is 11.8. The van der Waals surface area contributed by atoms with E-state index in [9.17, 15) is 4.79 Å². The molecule has 0 saturated heterocycles. The number of imidazole rings is 1. The third kappa shape index (κ3) is 2.05. The molecule has 0 radical (unpaired) electrons. The van der Waals surface area contributed by atoms with Crippen LogP contribution in [0.4, 0.5) is 0 Å². The number of fused-ring (bicyclic) bond motifs is 2. The maximum atomic E-state index is 11.8. The molecule has 0 aliphatic carbocycles. The van der Waals surface area contributed by atoms with Crippen molar-refractivity contribution in [1.29, 1.82) is 0 Å². The van der Waals surface area contributed by atoms with Gasteiger partial charge in [-0.15, -0.1) is 0 Å². The number of hydrogen-bond donors (Lipinski definition) is 1. The highest BCUT2D eigenvalue weighted by Gasteiger charge is 2.41. The number of aryl methyl sites for hydroxylation is 1. The number of benzene rings is 2. The van der Waals surface area contributed by atoms with E-state index in [0.717, 1.165) is 35.0 Å². The second-order valence-corrected chi connectivity index (χ2v) is 6.11. The van der Waals surface area contributed by atoms with Gasteiger partial charge in [-0.3, -0.25) is 4.79 Å². The molecular formula is C19H19N3O2. The topological polar surface area (TPSA) is 56.1 Å². The molecule has 2 aromatic carbocycles. The van der Waals surface area contributed by atoms with Crippen LogP contribution in [0.15, 0.2) is 48.9 Å². The summed E-state index contributed by atoms with van der Waals surface area (Å²) in [6.07, 6.45) is 4.63. The van der Waals surface area contributed by atoms with Crippen LogP contribution < -0.4 is 5.32 Å². The van der Waals surface area contributed by atoms with Gasteiger partial charge in [0.25, 0.3) is 5.91 Å². The molecule has 1 atom stereocenters. The van der Waals surface area contributed by atoms with Crippen molar-refractivity contribution in [3.05, 3.63) is 65.7 Å². The molecule has 0 fully saturated rings. The van der Waals surface area contributed by atoms with E-state index in [4.69, 9.17) is 4.74 Å². The fourth-order valence-electron chi connectivity index (χ4n) is 3.64. The molecule has 5 heteroatoms. The first-order chi connectivity index (χ1) is 11.7. The minimum absolute atomic E-state index is 0.0750. The van der Waals surface area contributed by atoms with Gasteiger partial charge in [0.15, 0.2) is 0 Å². The minimum atomic E-state index is -0.454. The maximum Gasteiger partial charge on any atom is 0.251 e. The van der Waals surface area contributed by atoms with Gasteiger partial charge in [0, 0.05) is 32.7 Å². The van der Waals surface area contributed by atoms with E-state index in [1.807, 2.05) is 30.7 Å². The molecule has 0 saturated carbocycles. The molecule has 1 aliphatic rings. The van der Waals surface area contributed by atoms with Crippen molar-refractivity contribution in [1.82, 2.24) is 14.9 Å². The molecular weight excluding hydrogens is 302 g/mol. The van der Waals surface area contributed by atoms with Crippen LogP contribution in [0.5, 0.6) is 0 Å². The summed E-state index contributed by atoms with van der Waals surface area (Å²) in [5, 5.41) is 4.79. The van der Waals surface area contributed by atoms with E-state index in [-0.39, 0.29) is 5.91 Å². The summed E-state index contributed by atoms with van der Waals surface area (Å²) in [6.45, 7) is 0.900. The van der Waals surface area contributed by atoms with Crippen molar-refractivity contribution in [2.24, 2.45) is 0 Å². The lowest BCUT2D eigenvalue weighted by molar-refractivity contribution is 0.0235. The summed E-state index contributed by atoms with van der Waals surface area (Å²) in [7, 11) is 3.39. The van der Waals surface area contributed by atoms with Crippen LogP contribution in [0.2, 0.25) is 0 Å². The number of aromatic nitrogens is 2. The second kappa shape index (κ2) is 5.46. The quantitative estimate of drug-likeness (QED) is 0.807. The van der Waals surface area contributed by atoms with Crippen molar-refractivity contribution in [2.75, 3.05) is 14.2 Å². The highest BCUT2D eigenvalue weighted by molar-refractivity contribution is 5.98. The molecule has 4 rings (SSSR count). The Bertz CT molecular complexity index is 931. The molecule has 1 N–H and O–H groups in total. The summed E-state index contributed by atoms with van der Waals surface area (Å²) < 4.78 is 8.11. The molecule has 2 heterocycles. The van der Waals surface area contributed by atoms with Gasteiger partial charge in [0.2, 0.25) is 0 Å². The Hall–Kier alpha value is -2.66. The van der Waals surface area contributed by atoms with Gasteiger partial charge in [0.05, 0.1) is 18.2 Å². The first kappa shape index (κ1) is 14.9. The minimum Gasteiger partial charge on any atom is -0.367 e. The lowest BCUT2D eigenvalue weighted by Gasteiger charge is -2.28. The van der Waals surface area contributed by atoms with Gasteiger partial charge in [-0.25, -0.2) is 4.98 Å². The Morgan fingerprint density at radius 3 is 2.83 bits per heavy atom. The Balaban J connectivity index is 1.82. The second-order valence-electron chi connectivity index (χ2n) is 6.11. The van der Waals surface area contributed by atoms with Crippen molar-refractivity contribution in [3.8, 4) is 0 Å². The van der Waals surface area contributed by atoms with Crippen molar-refractivity contribution in [3.63, 3.8) is 0 Å². The van der Waals surface area contributed by atoms with Crippen LogP contribution >= 0.6 is 0 Å². The standard InChI is InChI=1S/C19H19N3O2/c1-20-18(23)15-4-3-14-10-16(6-5-13(14)9-15)19(24-2)7-8-22-12-21-11-17(19)22/h3-6,9-12H,7-8H2,1-2H3,(H,20,23). The van der Waals surface area contributed by atoms with Crippen molar-refractivity contribution in [2.45, 2.75) is 18.6 Å². The van der Waals surface area contributed by atoms with Crippen molar-refractivity contribution < 1.29 is 9.53 Å². The average molecular weight is 321 g/mol. The number of rotatable bonds is 3. The van der Waals surface area contributed by atoms with Crippen LogP contribution in [0, 0.1) is 0 Å². The van der Waals surface area contributed by atoms with Crippen LogP contribution in [0.3, 0.4) is 0 Å². The number of hydrogen-bond acceptors (Lipinski definition) is 3. The van der Waals surface area contributed by atoms with Gasteiger partial charge in [-0.2, -0.15) is 0 Å².